The summed E-state index contributed by atoms with van der Waals surface area (Å²) < 4.78 is 44.2. The molecule has 0 aromatic carbocycles. The molecule has 1 aliphatic rings. The third kappa shape index (κ3) is 9.56. The predicted molar refractivity (Wildman–Crippen MR) is 148 cm³/mol. The van der Waals surface area contributed by atoms with E-state index in [0.29, 0.717) is 62.6 Å². The second-order valence-corrected chi connectivity index (χ2v) is 9.73. The normalized spacial score (nSPS) is 16.8. The van der Waals surface area contributed by atoms with E-state index in [9.17, 15) is 18.4 Å². The van der Waals surface area contributed by atoms with Gasteiger partial charge in [0.1, 0.15) is 11.5 Å². The first-order valence-electron chi connectivity index (χ1n) is 13.8. The molecule has 0 aliphatic heterocycles. The number of carboxylic acid groups (broad SMARTS) is 1. The molecule has 2 atom stereocenters. The lowest BCUT2D eigenvalue weighted by atomic mass is 9.91. The van der Waals surface area contributed by atoms with Crippen LogP contribution < -0.4 is 16.0 Å². The van der Waals surface area contributed by atoms with Crippen molar-refractivity contribution in [3.8, 4) is 11.4 Å². The quantitative estimate of drug-likeness (QED) is 0.156. The van der Waals surface area contributed by atoms with Crippen LogP contribution in [0.3, 0.4) is 0 Å². The van der Waals surface area contributed by atoms with Gasteiger partial charge in [-0.25, -0.2) is 28.5 Å². The number of rotatable bonds is 16. The Morgan fingerprint density at radius 2 is 1.74 bits per heavy atom. The van der Waals surface area contributed by atoms with Gasteiger partial charge in [0, 0.05) is 35.8 Å². The maximum Gasteiger partial charge on any atom is 0.315 e. The first-order chi connectivity index (χ1) is 20.4. The van der Waals surface area contributed by atoms with E-state index < -0.39 is 17.6 Å². The molecule has 1 fully saturated rings. The van der Waals surface area contributed by atoms with Crippen molar-refractivity contribution in [2.45, 2.75) is 44.2 Å². The molecule has 3 heterocycles. The van der Waals surface area contributed by atoms with Gasteiger partial charge >= 0.3 is 12.0 Å². The van der Waals surface area contributed by atoms with E-state index in [4.69, 9.17) is 19.3 Å². The van der Waals surface area contributed by atoms with Crippen molar-refractivity contribution in [2.24, 2.45) is 0 Å². The van der Waals surface area contributed by atoms with Crippen LogP contribution in [0, 0.1) is 11.6 Å². The molecule has 42 heavy (non-hydrogen) atoms. The van der Waals surface area contributed by atoms with Crippen LogP contribution in [0.5, 0.6) is 0 Å². The first kappa shape index (κ1) is 31.0. The molecule has 1 aliphatic carbocycles. The summed E-state index contributed by atoms with van der Waals surface area (Å²) in [5, 5.41) is 17.9. The molecule has 228 valence electrons. The Bertz CT molecular complexity index is 1330. The number of anilines is 1. The van der Waals surface area contributed by atoms with E-state index in [1.807, 2.05) is 0 Å². The van der Waals surface area contributed by atoms with Gasteiger partial charge in [0.15, 0.2) is 17.5 Å². The zero-order valence-electron chi connectivity index (χ0n) is 23.0. The number of carboxylic acids is 1. The Balaban J connectivity index is 1.14. The number of nitrogens with one attached hydrogen (secondary N) is 4. The third-order valence-corrected chi connectivity index (χ3v) is 6.57. The van der Waals surface area contributed by atoms with Crippen molar-refractivity contribution in [1.82, 2.24) is 30.6 Å². The maximum atomic E-state index is 14.6. The Kier molecular flexibility index (Phi) is 11.7. The molecule has 4 rings (SSSR count). The van der Waals surface area contributed by atoms with E-state index >= 15 is 0 Å². The second kappa shape index (κ2) is 15.9. The van der Waals surface area contributed by atoms with E-state index in [-0.39, 0.29) is 42.8 Å². The summed E-state index contributed by atoms with van der Waals surface area (Å²) in [7, 11) is 0. The smallest absolute Gasteiger partial charge is 0.315 e. The second-order valence-electron chi connectivity index (χ2n) is 9.73. The van der Waals surface area contributed by atoms with Crippen molar-refractivity contribution < 1.29 is 37.7 Å². The molecule has 5 N–H and O–H groups in total. The predicted octanol–water partition coefficient (Wildman–Crippen LogP) is 2.84. The molecule has 13 nitrogen and oxygen atoms in total. The van der Waals surface area contributed by atoms with Crippen molar-refractivity contribution >= 4 is 28.9 Å². The summed E-state index contributed by atoms with van der Waals surface area (Å²) in [6, 6.07) is 0.795. The average Bonchev–Trinajstić information content (AvgIpc) is 3.38. The summed E-state index contributed by atoms with van der Waals surface area (Å²) in [5.41, 5.74) is 0.985. The van der Waals surface area contributed by atoms with Gasteiger partial charge in [-0.2, -0.15) is 0 Å². The Morgan fingerprint density at radius 1 is 1.00 bits per heavy atom. The number of amides is 2. The van der Waals surface area contributed by atoms with E-state index in [1.165, 1.54) is 6.07 Å². The minimum atomic E-state index is -0.905. The SMILES string of the molecule is O=C(O)CCOCCOCCOCCNC(=O)N[C@H]1CCC[C@@H](Nc2nc(-c3c[nH]c4ncc(F)cc34)ncc2F)C1. The Labute approximate surface area is 240 Å². The van der Waals surface area contributed by atoms with E-state index in [2.05, 4.69) is 35.9 Å². The highest BCUT2D eigenvalue weighted by Gasteiger charge is 2.25. The number of aliphatic carboxylic acids is 1. The fraction of sp³-hybridized carbons (Fsp3) is 0.519. The van der Waals surface area contributed by atoms with Crippen LogP contribution in [-0.2, 0) is 19.0 Å². The lowest BCUT2D eigenvalue weighted by Crippen LogP contribution is -2.46. The highest BCUT2D eigenvalue weighted by Crippen LogP contribution is 2.28. The number of halogens is 2. The number of ether oxygens (including phenoxy) is 3. The molecular weight excluding hydrogens is 556 g/mol. The lowest BCUT2D eigenvalue weighted by Gasteiger charge is -2.30. The highest BCUT2D eigenvalue weighted by atomic mass is 19.1. The largest absolute Gasteiger partial charge is 0.481 e. The molecule has 1 saturated carbocycles. The molecule has 0 radical (unpaired) electrons. The standard InChI is InChI=1S/C27H35F2N7O6/c28-17-12-20-21(15-32-24(20)31-14-17)25-33-16-22(29)26(36-25)34-18-2-1-3-19(13-18)35-27(39)30-5-7-41-9-11-42-10-8-40-6-4-23(37)38/h12,14-16,18-19H,1-11,13H2,(H,31,32)(H,37,38)(H2,30,35,39)(H,33,34,36)/t18-,19+/m1/s1. The summed E-state index contributed by atoms with van der Waals surface area (Å²) >= 11 is 0. The maximum absolute atomic E-state index is 14.6. The van der Waals surface area contributed by atoms with Gasteiger partial charge in [0.2, 0.25) is 0 Å². The van der Waals surface area contributed by atoms with Crippen molar-refractivity contribution in [2.75, 3.05) is 51.5 Å². The molecule has 3 aromatic rings. The summed E-state index contributed by atoms with van der Waals surface area (Å²) in [4.78, 5) is 38.1. The van der Waals surface area contributed by atoms with Gasteiger partial charge in [0.25, 0.3) is 0 Å². The Hall–Kier alpha value is -3.95. The average molecular weight is 592 g/mol. The van der Waals surface area contributed by atoms with E-state index in [0.717, 1.165) is 31.7 Å². The fourth-order valence-corrected chi connectivity index (χ4v) is 4.58. The highest BCUT2D eigenvalue weighted by molar-refractivity contribution is 5.91. The van der Waals surface area contributed by atoms with Crippen LogP contribution in [0.4, 0.5) is 19.4 Å². The van der Waals surface area contributed by atoms with Crippen molar-refractivity contribution in [3.05, 3.63) is 36.3 Å². The zero-order chi connectivity index (χ0) is 29.7. The molecule has 0 spiro atoms. The lowest BCUT2D eigenvalue weighted by molar-refractivity contribution is -0.138. The van der Waals surface area contributed by atoms with Crippen LogP contribution in [0.2, 0.25) is 0 Å². The minimum Gasteiger partial charge on any atom is -0.481 e. The van der Waals surface area contributed by atoms with Gasteiger partial charge in [-0.15, -0.1) is 0 Å². The van der Waals surface area contributed by atoms with Gasteiger partial charge in [0.05, 0.1) is 58.5 Å². The van der Waals surface area contributed by atoms with Gasteiger partial charge in [-0.3, -0.25) is 4.79 Å². The zero-order valence-corrected chi connectivity index (χ0v) is 23.0. The van der Waals surface area contributed by atoms with Crippen molar-refractivity contribution in [1.29, 1.82) is 0 Å². The number of aromatic amines is 1. The topological polar surface area (TPSA) is 173 Å². The number of carbonyl (C=O) groups excluding carboxylic acids is 1. The number of aromatic nitrogens is 4. The number of pyridine rings is 1. The first-order valence-corrected chi connectivity index (χ1v) is 13.8. The third-order valence-electron chi connectivity index (χ3n) is 6.57. The number of fused-ring (bicyclic) bond motifs is 1. The molecule has 0 saturated heterocycles. The van der Waals surface area contributed by atoms with Crippen LogP contribution in [0.15, 0.2) is 24.7 Å². The molecule has 15 heteroatoms. The fourth-order valence-electron chi connectivity index (χ4n) is 4.58. The molecule has 0 bridgehead atoms. The number of urea groups is 1. The molecular formula is C27H35F2N7O6. The summed E-state index contributed by atoms with van der Waals surface area (Å²) in [6.07, 6.45) is 6.76. The molecule has 2 amide bonds. The summed E-state index contributed by atoms with van der Waals surface area (Å²) in [6.45, 7) is 2.15. The van der Waals surface area contributed by atoms with Crippen LogP contribution in [0.1, 0.15) is 32.1 Å². The van der Waals surface area contributed by atoms with Gasteiger partial charge < -0.3 is 40.3 Å². The molecule has 0 unspecified atom stereocenters. The minimum absolute atomic E-state index is 0.0396. The van der Waals surface area contributed by atoms with Gasteiger partial charge in [-0.05, 0) is 31.7 Å². The number of hydrogen-bond donors (Lipinski definition) is 5. The number of H-pyrrole nitrogens is 1. The Morgan fingerprint density at radius 3 is 2.52 bits per heavy atom. The van der Waals surface area contributed by atoms with Crippen LogP contribution in [-0.4, -0.2) is 95.3 Å². The van der Waals surface area contributed by atoms with Crippen molar-refractivity contribution in [3.63, 3.8) is 0 Å². The van der Waals surface area contributed by atoms with Crippen LogP contribution >= 0.6 is 0 Å². The van der Waals surface area contributed by atoms with E-state index in [1.54, 1.807) is 6.20 Å². The van der Waals surface area contributed by atoms with Crippen LogP contribution in [0.25, 0.3) is 22.4 Å². The number of hydrogen-bond acceptors (Lipinski definition) is 9. The van der Waals surface area contributed by atoms with Gasteiger partial charge in [-0.1, -0.05) is 0 Å². The number of nitrogens with zero attached hydrogens (tertiary/aromatic N) is 3. The molecule has 3 aromatic heterocycles. The monoisotopic (exact) mass is 591 g/mol. The summed E-state index contributed by atoms with van der Waals surface area (Å²) in [5.74, 6) is -1.73. The number of carbonyl (C=O) groups is 2.